The van der Waals surface area contributed by atoms with Gasteiger partial charge in [0.2, 0.25) is 4.47 Å². The summed E-state index contributed by atoms with van der Waals surface area (Å²) in [5, 5.41) is 9.05. The Morgan fingerprint density at radius 1 is 1.25 bits per heavy atom. The molecule has 1 aromatic rings. The average Bonchev–Trinajstić information content (AvgIpc) is 2.87. The van der Waals surface area contributed by atoms with Crippen LogP contribution in [0.5, 0.6) is 0 Å². The SMILES string of the molecule is Clc1nnc(CN2CCC3CCCCC32)s1. The van der Waals surface area contributed by atoms with E-state index >= 15 is 0 Å². The fourth-order valence-electron chi connectivity index (χ4n) is 3.17. The molecule has 1 aliphatic carbocycles. The molecule has 1 aliphatic heterocycles. The molecular weight excluding hydrogens is 242 g/mol. The van der Waals surface area contributed by atoms with Crippen molar-refractivity contribution in [1.29, 1.82) is 0 Å². The Hall–Kier alpha value is -0.190. The minimum absolute atomic E-state index is 0.564. The van der Waals surface area contributed by atoms with Gasteiger partial charge in [0.1, 0.15) is 5.01 Å². The summed E-state index contributed by atoms with van der Waals surface area (Å²) in [7, 11) is 0. The molecule has 1 saturated carbocycles. The first kappa shape index (κ1) is 10.9. The Bertz CT molecular complexity index is 368. The number of nitrogens with zero attached hydrogens (tertiary/aromatic N) is 3. The first-order valence-corrected chi connectivity index (χ1v) is 7.24. The lowest BCUT2D eigenvalue weighted by molar-refractivity contribution is 0.175. The molecule has 0 N–H and O–H groups in total. The molecule has 5 heteroatoms. The minimum Gasteiger partial charge on any atom is -0.293 e. The molecule has 2 heterocycles. The summed E-state index contributed by atoms with van der Waals surface area (Å²) in [6.07, 6.45) is 7.00. The van der Waals surface area contributed by atoms with Crippen molar-refractivity contribution in [2.45, 2.75) is 44.7 Å². The van der Waals surface area contributed by atoms with Gasteiger partial charge in [0, 0.05) is 6.04 Å². The van der Waals surface area contributed by atoms with Crippen LogP contribution in [0.2, 0.25) is 4.47 Å². The number of hydrogen-bond acceptors (Lipinski definition) is 4. The van der Waals surface area contributed by atoms with Crippen molar-refractivity contribution >= 4 is 22.9 Å². The molecule has 2 fully saturated rings. The van der Waals surface area contributed by atoms with Crippen molar-refractivity contribution in [1.82, 2.24) is 15.1 Å². The molecule has 88 valence electrons. The highest BCUT2D eigenvalue weighted by molar-refractivity contribution is 7.15. The molecule has 0 spiro atoms. The molecule has 2 atom stereocenters. The van der Waals surface area contributed by atoms with E-state index in [0.29, 0.717) is 4.47 Å². The Morgan fingerprint density at radius 2 is 2.12 bits per heavy atom. The molecule has 0 radical (unpaired) electrons. The normalized spacial score (nSPS) is 30.6. The van der Waals surface area contributed by atoms with Crippen LogP contribution in [0, 0.1) is 5.92 Å². The maximum Gasteiger partial charge on any atom is 0.207 e. The second-order valence-corrected chi connectivity index (χ2v) is 6.46. The zero-order chi connectivity index (χ0) is 11.0. The molecule has 2 aliphatic rings. The number of aromatic nitrogens is 2. The maximum atomic E-state index is 5.81. The van der Waals surface area contributed by atoms with Crippen molar-refractivity contribution in [3.63, 3.8) is 0 Å². The smallest absolute Gasteiger partial charge is 0.207 e. The lowest BCUT2D eigenvalue weighted by Gasteiger charge is -2.31. The first-order chi connectivity index (χ1) is 7.83. The quantitative estimate of drug-likeness (QED) is 0.816. The van der Waals surface area contributed by atoms with Crippen LogP contribution in [-0.4, -0.2) is 27.7 Å². The monoisotopic (exact) mass is 257 g/mol. The second-order valence-electron chi connectivity index (χ2n) is 4.82. The van der Waals surface area contributed by atoms with Crippen molar-refractivity contribution in [3.8, 4) is 0 Å². The number of hydrogen-bond donors (Lipinski definition) is 0. The van der Waals surface area contributed by atoms with Gasteiger partial charge in [0.25, 0.3) is 0 Å². The van der Waals surface area contributed by atoms with Gasteiger partial charge in [-0.05, 0) is 43.3 Å². The van der Waals surface area contributed by atoms with Crippen LogP contribution in [0.1, 0.15) is 37.1 Å². The van der Waals surface area contributed by atoms with E-state index in [1.54, 1.807) is 0 Å². The predicted octanol–water partition coefficient (Wildman–Crippen LogP) is 2.96. The molecule has 0 bridgehead atoms. The average molecular weight is 258 g/mol. The zero-order valence-corrected chi connectivity index (χ0v) is 10.8. The Kier molecular flexibility index (Phi) is 3.14. The lowest BCUT2D eigenvalue weighted by atomic mass is 9.85. The van der Waals surface area contributed by atoms with Gasteiger partial charge in [-0.15, -0.1) is 10.2 Å². The van der Waals surface area contributed by atoms with Gasteiger partial charge in [0.15, 0.2) is 0 Å². The summed E-state index contributed by atoms with van der Waals surface area (Å²) in [6, 6.07) is 0.802. The third-order valence-corrected chi connectivity index (χ3v) is 4.91. The molecule has 3 rings (SSSR count). The summed E-state index contributed by atoms with van der Waals surface area (Å²) in [5.41, 5.74) is 0. The highest BCUT2D eigenvalue weighted by atomic mass is 35.5. The zero-order valence-electron chi connectivity index (χ0n) is 9.23. The molecule has 0 amide bonds. The van der Waals surface area contributed by atoms with E-state index in [4.69, 9.17) is 11.6 Å². The molecule has 16 heavy (non-hydrogen) atoms. The summed E-state index contributed by atoms with van der Waals surface area (Å²) < 4.78 is 0.564. The van der Waals surface area contributed by atoms with Crippen molar-refractivity contribution < 1.29 is 0 Å². The summed E-state index contributed by atoms with van der Waals surface area (Å²) in [4.78, 5) is 2.58. The number of fused-ring (bicyclic) bond motifs is 1. The number of rotatable bonds is 2. The van der Waals surface area contributed by atoms with E-state index in [-0.39, 0.29) is 0 Å². The summed E-state index contributed by atoms with van der Waals surface area (Å²) in [6.45, 7) is 2.18. The van der Waals surface area contributed by atoms with E-state index < -0.39 is 0 Å². The van der Waals surface area contributed by atoms with E-state index in [2.05, 4.69) is 15.1 Å². The highest BCUT2D eigenvalue weighted by Crippen LogP contribution is 2.37. The molecule has 2 unspecified atom stereocenters. The maximum absolute atomic E-state index is 5.81. The van der Waals surface area contributed by atoms with Crippen molar-refractivity contribution in [2.75, 3.05) is 6.54 Å². The van der Waals surface area contributed by atoms with Crippen LogP contribution in [-0.2, 0) is 6.54 Å². The van der Waals surface area contributed by atoms with Gasteiger partial charge in [-0.1, -0.05) is 24.2 Å². The van der Waals surface area contributed by atoms with E-state index in [1.807, 2.05) is 0 Å². The van der Waals surface area contributed by atoms with Crippen LogP contribution in [0.15, 0.2) is 0 Å². The largest absolute Gasteiger partial charge is 0.293 e. The van der Waals surface area contributed by atoms with Gasteiger partial charge in [-0.3, -0.25) is 4.90 Å². The minimum atomic E-state index is 0.564. The first-order valence-electron chi connectivity index (χ1n) is 6.05. The van der Waals surface area contributed by atoms with Crippen LogP contribution in [0.3, 0.4) is 0 Å². The van der Waals surface area contributed by atoms with Gasteiger partial charge in [-0.25, -0.2) is 0 Å². The molecule has 1 saturated heterocycles. The van der Waals surface area contributed by atoms with Crippen LogP contribution < -0.4 is 0 Å². The number of halogens is 1. The highest BCUT2D eigenvalue weighted by Gasteiger charge is 2.35. The topological polar surface area (TPSA) is 29.0 Å². The summed E-state index contributed by atoms with van der Waals surface area (Å²) >= 11 is 7.33. The standard InChI is InChI=1S/C11H16ClN3S/c12-11-14-13-10(16-11)7-15-6-5-8-3-1-2-4-9(8)15/h8-9H,1-7H2. The van der Waals surface area contributed by atoms with Gasteiger partial charge >= 0.3 is 0 Å². The van der Waals surface area contributed by atoms with E-state index in [0.717, 1.165) is 23.5 Å². The van der Waals surface area contributed by atoms with Crippen LogP contribution in [0.25, 0.3) is 0 Å². The van der Waals surface area contributed by atoms with Crippen LogP contribution in [0.4, 0.5) is 0 Å². The Balaban J connectivity index is 1.67. The van der Waals surface area contributed by atoms with Crippen molar-refractivity contribution in [3.05, 3.63) is 9.47 Å². The fourth-order valence-corrected chi connectivity index (χ4v) is 4.06. The number of likely N-dealkylation sites (tertiary alicyclic amines) is 1. The van der Waals surface area contributed by atoms with E-state index in [9.17, 15) is 0 Å². The molecule has 1 aromatic heterocycles. The van der Waals surface area contributed by atoms with Gasteiger partial charge < -0.3 is 0 Å². The van der Waals surface area contributed by atoms with Crippen molar-refractivity contribution in [2.24, 2.45) is 5.92 Å². The Morgan fingerprint density at radius 3 is 2.94 bits per heavy atom. The Labute approximate surface area is 105 Å². The third kappa shape index (κ3) is 2.11. The molecular formula is C11H16ClN3S. The lowest BCUT2D eigenvalue weighted by Crippen LogP contribution is -2.34. The van der Waals surface area contributed by atoms with Gasteiger partial charge in [-0.2, -0.15) is 0 Å². The second kappa shape index (κ2) is 4.59. The molecule has 0 aromatic carbocycles. The summed E-state index contributed by atoms with van der Waals surface area (Å²) in [5.74, 6) is 0.942. The third-order valence-electron chi connectivity index (χ3n) is 3.91. The van der Waals surface area contributed by atoms with Crippen LogP contribution >= 0.6 is 22.9 Å². The molecule has 3 nitrogen and oxygen atoms in total. The van der Waals surface area contributed by atoms with Gasteiger partial charge in [0.05, 0.1) is 6.54 Å². The fraction of sp³-hybridized carbons (Fsp3) is 0.818. The van der Waals surface area contributed by atoms with E-state index in [1.165, 1.54) is 50.0 Å². The predicted molar refractivity (Wildman–Crippen MR) is 65.7 cm³/mol.